The first kappa shape index (κ1) is 15.7. The summed E-state index contributed by atoms with van der Waals surface area (Å²) in [6.45, 7) is 0.445. The van der Waals surface area contributed by atoms with Crippen LogP contribution in [0.4, 0.5) is 4.39 Å². The minimum atomic E-state index is -0.505. The highest BCUT2D eigenvalue weighted by molar-refractivity contribution is 7.09. The molecule has 1 aliphatic heterocycles. The summed E-state index contributed by atoms with van der Waals surface area (Å²) in [5.41, 5.74) is 0.648. The zero-order chi connectivity index (χ0) is 16.4. The van der Waals surface area contributed by atoms with Gasteiger partial charge in [0.2, 0.25) is 11.8 Å². The first-order chi connectivity index (χ1) is 11.1. The Bertz CT molecular complexity index is 717. The number of rotatable bonds is 4. The molecule has 120 valence electrons. The van der Waals surface area contributed by atoms with Crippen molar-refractivity contribution in [1.29, 1.82) is 0 Å². The van der Waals surface area contributed by atoms with Crippen LogP contribution in [0.15, 0.2) is 41.8 Å². The van der Waals surface area contributed by atoms with Crippen molar-refractivity contribution in [3.05, 3.63) is 58.0 Å². The molecule has 4 nitrogen and oxygen atoms in total. The zero-order valence-corrected chi connectivity index (χ0v) is 13.5. The average molecular weight is 332 g/mol. The molecule has 2 aromatic rings. The Morgan fingerprint density at radius 1 is 1.39 bits per heavy atom. The summed E-state index contributed by atoms with van der Waals surface area (Å²) in [6.07, 6.45) is 0.147. The number of benzene rings is 1. The van der Waals surface area contributed by atoms with Crippen LogP contribution in [0.25, 0.3) is 0 Å². The van der Waals surface area contributed by atoms with E-state index in [1.807, 2.05) is 17.5 Å². The molecule has 2 amide bonds. The van der Waals surface area contributed by atoms with Crippen LogP contribution in [0.1, 0.15) is 22.9 Å². The largest absolute Gasteiger partial charge is 0.351 e. The Balaban J connectivity index is 1.78. The molecule has 0 radical (unpaired) electrons. The summed E-state index contributed by atoms with van der Waals surface area (Å²) in [7, 11) is 1.66. The van der Waals surface area contributed by atoms with E-state index >= 15 is 0 Å². The smallest absolute Gasteiger partial charge is 0.226 e. The quantitative estimate of drug-likeness (QED) is 0.936. The molecule has 0 aliphatic carbocycles. The fourth-order valence-corrected chi connectivity index (χ4v) is 3.61. The number of amides is 2. The third-order valence-corrected chi connectivity index (χ3v) is 5.01. The topological polar surface area (TPSA) is 49.4 Å². The SMILES string of the molecule is CN1C(=O)C[C@@H](C(=O)NCc2cccs2)[C@@H]1c1cccc(F)c1. The molecule has 2 heterocycles. The van der Waals surface area contributed by atoms with Crippen LogP contribution in [0.2, 0.25) is 0 Å². The lowest BCUT2D eigenvalue weighted by molar-refractivity contribution is -0.128. The number of likely N-dealkylation sites (tertiary alicyclic amines) is 1. The van der Waals surface area contributed by atoms with Crippen LogP contribution in [-0.4, -0.2) is 23.8 Å². The Hall–Kier alpha value is -2.21. The molecule has 0 saturated carbocycles. The van der Waals surface area contributed by atoms with Gasteiger partial charge in [-0.05, 0) is 29.1 Å². The zero-order valence-electron chi connectivity index (χ0n) is 12.7. The molecule has 1 saturated heterocycles. The van der Waals surface area contributed by atoms with E-state index in [2.05, 4.69) is 5.32 Å². The summed E-state index contributed by atoms with van der Waals surface area (Å²) >= 11 is 1.57. The molecule has 23 heavy (non-hydrogen) atoms. The lowest BCUT2D eigenvalue weighted by atomic mass is 9.93. The molecule has 1 aromatic carbocycles. The van der Waals surface area contributed by atoms with E-state index in [9.17, 15) is 14.0 Å². The molecule has 1 fully saturated rings. The van der Waals surface area contributed by atoms with Crippen LogP contribution in [-0.2, 0) is 16.1 Å². The van der Waals surface area contributed by atoms with Gasteiger partial charge in [-0.3, -0.25) is 9.59 Å². The molecule has 0 unspecified atom stereocenters. The standard InChI is InChI=1S/C17H17FN2O2S/c1-20-15(21)9-14(16(20)11-4-2-5-12(18)8-11)17(22)19-10-13-6-3-7-23-13/h2-8,14,16H,9-10H2,1H3,(H,19,22)/t14-,16+/m1/s1. The van der Waals surface area contributed by atoms with Crippen molar-refractivity contribution in [3.8, 4) is 0 Å². The molecule has 2 atom stereocenters. The summed E-state index contributed by atoms with van der Waals surface area (Å²) in [4.78, 5) is 27.2. The fourth-order valence-electron chi connectivity index (χ4n) is 2.97. The summed E-state index contributed by atoms with van der Waals surface area (Å²) in [5, 5.41) is 4.83. The second-order valence-electron chi connectivity index (χ2n) is 5.61. The highest BCUT2D eigenvalue weighted by Crippen LogP contribution is 2.37. The Morgan fingerprint density at radius 2 is 2.22 bits per heavy atom. The van der Waals surface area contributed by atoms with Gasteiger partial charge < -0.3 is 10.2 Å². The molecule has 1 aromatic heterocycles. The third-order valence-electron chi connectivity index (χ3n) is 4.13. The highest BCUT2D eigenvalue weighted by atomic mass is 32.1. The normalized spacial score (nSPS) is 20.8. The van der Waals surface area contributed by atoms with Crippen molar-refractivity contribution < 1.29 is 14.0 Å². The van der Waals surface area contributed by atoms with Crippen LogP contribution < -0.4 is 5.32 Å². The van der Waals surface area contributed by atoms with E-state index in [1.54, 1.807) is 30.5 Å². The van der Waals surface area contributed by atoms with Crippen LogP contribution in [0.5, 0.6) is 0 Å². The van der Waals surface area contributed by atoms with Crippen molar-refractivity contribution in [2.75, 3.05) is 7.05 Å². The maximum atomic E-state index is 13.5. The first-order valence-corrected chi connectivity index (χ1v) is 8.25. The number of hydrogen-bond donors (Lipinski definition) is 1. The van der Waals surface area contributed by atoms with Gasteiger partial charge in [-0.2, -0.15) is 0 Å². The molecule has 1 N–H and O–H groups in total. The Kier molecular flexibility index (Phi) is 4.43. The van der Waals surface area contributed by atoms with Crippen molar-refractivity contribution >= 4 is 23.2 Å². The number of halogens is 1. The average Bonchev–Trinajstić information content (AvgIpc) is 3.14. The second-order valence-corrected chi connectivity index (χ2v) is 6.64. The van der Waals surface area contributed by atoms with Gasteiger partial charge in [0.05, 0.1) is 18.5 Å². The van der Waals surface area contributed by atoms with Gasteiger partial charge in [0.15, 0.2) is 0 Å². The van der Waals surface area contributed by atoms with E-state index in [0.29, 0.717) is 12.1 Å². The maximum absolute atomic E-state index is 13.5. The van der Waals surface area contributed by atoms with E-state index in [-0.39, 0.29) is 24.1 Å². The molecular formula is C17H17FN2O2S. The molecule has 3 rings (SSSR count). The van der Waals surface area contributed by atoms with Crippen molar-refractivity contribution in [1.82, 2.24) is 10.2 Å². The van der Waals surface area contributed by atoms with Crippen LogP contribution in [0, 0.1) is 11.7 Å². The lowest BCUT2D eigenvalue weighted by Crippen LogP contribution is -2.34. The molecule has 6 heteroatoms. The van der Waals surface area contributed by atoms with Gasteiger partial charge in [-0.15, -0.1) is 11.3 Å². The Morgan fingerprint density at radius 3 is 2.91 bits per heavy atom. The van der Waals surface area contributed by atoms with Gasteiger partial charge >= 0.3 is 0 Å². The minimum absolute atomic E-state index is 0.101. The van der Waals surface area contributed by atoms with Crippen molar-refractivity contribution in [2.45, 2.75) is 19.0 Å². The molecule has 0 spiro atoms. The number of thiophene rings is 1. The van der Waals surface area contributed by atoms with E-state index in [0.717, 1.165) is 4.88 Å². The van der Waals surface area contributed by atoms with Crippen molar-refractivity contribution in [3.63, 3.8) is 0 Å². The molecular weight excluding hydrogens is 315 g/mol. The summed E-state index contributed by atoms with van der Waals surface area (Å²) in [5.74, 6) is -1.15. The van der Waals surface area contributed by atoms with Gasteiger partial charge in [0.25, 0.3) is 0 Å². The summed E-state index contributed by atoms with van der Waals surface area (Å²) < 4.78 is 13.5. The van der Waals surface area contributed by atoms with E-state index < -0.39 is 12.0 Å². The number of nitrogens with one attached hydrogen (secondary N) is 1. The number of carbonyl (C=O) groups excluding carboxylic acids is 2. The molecule has 1 aliphatic rings. The van der Waals surface area contributed by atoms with Gasteiger partial charge in [-0.25, -0.2) is 4.39 Å². The fraction of sp³-hybridized carbons (Fsp3) is 0.294. The summed E-state index contributed by atoms with van der Waals surface area (Å²) in [6, 6.07) is 9.53. The Labute approximate surface area is 137 Å². The predicted molar refractivity (Wildman–Crippen MR) is 86.2 cm³/mol. The van der Waals surface area contributed by atoms with Gasteiger partial charge in [0.1, 0.15) is 5.82 Å². The maximum Gasteiger partial charge on any atom is 0.226 e. The second kappa shape index (κ2) is 6.50. The lowest BCUT2D eigenvalue weighted by Gasteiger charge is -2.25. The monoisotopic (exact) mass is 332 g/mol. The van der Waals surface area contributed by atoms with Gasteiger partial charge in [-0.1, -0.05) is 18.2 Å². The minimum Gasteiger partial charge on any atom is -0.351 e. The van der Waals surface area contributed by atoms with Crippen LogP contribution in [0.3, 0.4) is 0 Å². The van der Waals surface area contributed by atoms with Crippen LogP contribution >= 0.6 is 11.3 Å². The number of nitrogens with zero attached hydrogens (tertiary/aromatic N) is 1. The highest BCUT2D eigenvalue weighted by Gasteiger charge is 2.42. The first-order valence-electron chi connectivity index (χ1n) is 7.37. The van der Waals surface area contributed by atoms with Gasteiger partial charge in [0, 0.05) is 18.3 Å². The third kappa shape index (κ3) is 3.27. The van der Waals surface area contributed by atoms with E-state index in [1.165, 1.54) is 17.0 Å². The predicted octanol–water partition coefficient (Wildman–Crippen LogP) is 2.72. The van der Waals surface area contributed by atoms with E-state index in [4.69, 9.17) is 0 Å². The number of carbonyl (C=O) groups is 2. The van der Waals surface area contributed by atoms with Crippen molar-refractivity contribution in [2.24, 2.45) is 5.92 Å². The molecule has 0 bridgehead atoms. The number of hydrogen-bond acceptors (Lipinski definition) is 3.